The number of methoxy groups -OCH3 is 1. The molecule has 5 nitrogen and oxygen atoms in total. The van der Waals surface area contributed by atoms with Crippen LogP contribution >= 0.6 is 0 Å². The van der Waals surface area contributed by atoms with Crippen LogP contribution in [0, 0.1) is 11.3 Å². The highest BCUT2D eigenvalue weighted by atomic mass is 16.5. The van der Waals surface area contributed by atoms with Gasteiger partial charge in [-0.1, -0.05) is 83.2 Å². The summed E-state index contributed by atoms with van der Waals surface area (Å²) in [6, 6.07) is 2.13. The summed E-state index contributed by atoms with van der Waals surface area (Å²) in [5.74, 6) is 0.408. The molecule has 37 heavy (non-hydrogen) atoms. The molecule has 206 valence electrons. The van der Waals surface area contributed by atoms with Gasteiger partial charge in [-0.05, 0) is 43.7 Å². The number of hydrogen-bond donors (Lipinski definition) is 0. The van der Waals surface area contributed by atoms with Crippen LogP contribution < -0.4 is 5.11 Å². The van der Waals surface area contributed by atoms with Crippen LogP contribution in [0.25, 0.3) is 0 Å². The summed E-state index contributed by atoms with van der Waals surface area (Å²) < 4.78 is 9.57. The maximum Gasteiger partial charge on any atom is 0.200 e. The third-order valence-corrected chi connectivity index (χ3v) is 11.4. The van der Waals surface area contributed by atoms with Crippen molar-refractivity contribution in [2.24, 2.45) is 11.3 Å². The molecule has 7 atom stereocenters. The molecule has 1 aromatic heterocycles. The summed E-state index contributed by atoms with van der Waals surface area (Å²) in [6.07, 6.45) is 21.6. The average molecular weight is 511 g/mol. The first-order valence-electron chi connectivity index (χ1n) is 15.9. The lowest BCUT2D eigenvalue weighted by molar-refractivity contribution is -0.997. The maximum absolute atomic E-state index is 14.9. The molecule has 0 N–H and O–H groups in total. The van der Waals surface area contributed by atoms with Crippen molar-refractivity contribution in [3.63, 3.8) is 0 Å². The summed E-state index contributed by atoms with van der Waals surface area (Å²) >= 11 is 0. The highest BCUT2D eigenvalue weighted by Gasteiger charge is 2.73. The number of aromatic nitrogens is 1. The van der Waals surface area contributed by atoms with Crippen molar-refractivity contribution < 1.29 is 19.1 Å². The summed E-state index contributed by atoms with van der Waals surface area (Å²) in [5, 5.41) is 14.4. The van der Waals surface area contributed by atoms with E-state index < -0.39 is 6.10 Å². The van der Waals surface area contributed by atoms with Crippen LogP contribution in [0.5, 0.6) is 0 Å². The van der Waals surface area contributed by atoms with Gasteiger partial charge in [-0.3, -0.25) is 9.28 Å². The first kappa shape index (κ1) is 26.1. The molecule has 3 fully saturated rings. The number of carbonyl (C=O) groups is 1. The Morgan fingerprint density at radius 1 is 0.946 bits per heavy atom. The van der Waals surface area contributed by atoms with Crippen LogP contribution in [-0.2, 0) is 11.3 Å². The van der Waals surface area contributed by atoms with Gasteiger partial charge in [-0.15, -0.1) is 0 Å². The summed E-state index contributed by atoms with van der Waals surface area (Å²) in [6.45, 7) is 2.93. The zero-order valence-electron chi connectivity index (χ0n) is 23.3. The molecule has 1 aliphatic carbocycles. The number of rotatable bonds is 1. The van der Waals surface area contributed by atoms with Crippen LogP contribution in [0.1, 0.15) is 131 Å². The molecule has 5 heterocycles. The van der Waals surface area contributed by atoms with Crippen LogP contribution in [0.4, 0.5) is 0 Å². The number of quaternary nitrogens is 1. The molecule has 3 unspecified atom stereocenters. The molecule has 6 rings (SSSR count). The number of carbonyl (C=O) groups excluding carboxylic acids is 1. The Hall–Kier alpha value is -1.17. The fourth-order valence-corrected chi connectivity index (χ4v) is 9.96. The SMILES string of the molecule is COC1C2C[C@]34CCCCCCCCCCn5ccc2c5C(=O)[C@@H]3[C@H]2[C@H]([O-])CCCCCCCC[N+]12C4. The molecule has 4 aliphatic heterocycles. The lowest BCUT2D eigenvalue weighted by Crippen LogP contribution is -2.69. The predicted octanol–water partition coefficient (Wildman–Crippen LogP) is 5.94. The minimum Gasteiger partial charge on any atom is -0.848 e. The van der Waals surface area contributed by atoms with E-state index in [-0.39, 0.29) is 29.5 Å². The van der Waals surface area contributed by atoms with Crippen LogP contribution in [-0.4, -0.2) is 53.4 Å². The Kier molecular flexibility index (Phi) is 7.59. The van der Waals surface area contributed by atoms with Gasteiger partial charge < -0.3 is 14.4 Å². The van der Waals surface area contributed by atoms with Crippen molar-refractivity contribution in [1.82, 2.24) is 4.57 Å². The number of aryl methyl sites for hydroxylation is 1. The third kappa shape index (κ3) is 4.36. The number of Topliss-reactive ketones (excluding diaryl/α,β-unsaturated/α-hetero) is 1. The number of nitrogens with zero attached hydrogens (tertiary/aromatic N) is 2. The van der Waals surface area contributed by atoms with Crippen molar-refractivity contribution in [1.29, 1.82) is 0 Å². The normalized spacial score (nSPS) is 41.4. The topological polar surface area (TPSA) is 54.3 Å². The maximum atomic E-state index is 14.9. The van der Waals surface area contributed by atoms with E-state index >= 15 is 0 Å². The van der Waals surface area contributed by atoms with Gasteiger partial charge in [0.1, 0.15) is 0 Å². The number of ketones is 1. The van der Waals surface area contributed by atoms with Gasteiger partial charge in [0.25, 0.3) is 0 Å². The molecule has 5 heteroatoms. The molecular weight excluding hydrogens is 460 g/mol. The van der Waals surface area contributed by atoms with Crippen molar-refractivity contribution >= 4 is 5.78 Å². The van der Waals surface area contributed by atoms with E-state index in [9.17, 15) is 9.90 Å². The zero-order valence-corrected chi connectivity index (χ0v) is 23.3. The van der Waals surface area contributed by atoms with E-state index in [1.54, 1.807) is 0 Å². The molecule has 0 saturated carbocycles. The highest BCUT2D eigenvalue weighted by molar-refractivity contribution is 6.00. The van der Waals surface area contributed by atoms with Gasteiger partial charge in [0.2, 0.25) is 0 Å². The smallest absolute Gasteiger partial charge is 0.200 e. The van der Waals surface area contributed by atoms with Gasteiger partial charge >= 0.3 is 0 Å². The van der Waals surface area contributed by atoms with E-state index in [1.165, 1.54) is 76.2 Å². The quantitative estimate of drug-likeness (QED) is 0.439. The third-order valence-electron chi connectivity index (χ3n) is 11.4. The van der Waals surface area contributed by atoms with Gasteiger partial charge in [-0.2, -0.15) is 0 Å². The van der Waals surface area contributed by atoms with Crippen molar-refractivity contribution in [3.8, 4) is 0 Å². The van der Waals surface area contributed by atoms with E-state index in [4.69, 9.17) is 4.74 Å². The first-order valence-corrected chi connectivity index (χ1v) is 15.9. The number of piperidine rings is 1. The molecule has 0 radical (unpaired) electrons. The molecule has 0 aromatic carbocycles. The van der Waals surface area contributed by atoms with E-state index in [1.807, 2.05) is 7.11 Å². The van der Waals surface area contributed by atoms with Gasteiger partial charge in [0.05, 0.1) is 36.7 Å². The summed E-state index contributed by atoms with van der Waals surface area (Å²) in [5.41, 5.74) is 2.15. The van der Waals surface area contributed by atoms with E-state index in [0.717, 1.165) is 68.3 Å². The fourth-order valence-electron chi connectivity index (χ4n) is 9.96. The lowest BCUT2D eigenvalue weighted by Gasteiger charge is -2.54. The van der Waals surface area contributed by atoms with Crippen LogP contribution in [0.15, 0.2) is 12.3 Å². The lowest BCUT2D eigenvalue weighted by atomic mass is 9.65. The standard InChI is InChI=1S/C32H50N2O3/c1-37-31-25-22-32-18-13-9-5-2-3-6-10-14-19-33-20-17-24(25)28(33)30(36)27(32)29-26(35)16-12-8-4-7-11-15-21-34(29,31)23-32/h17,20,25-27,29,31H,2-16,18-19,21-23H2,1H3/t25?,26-,27+,29-,31?,32+,34?/m1/s1. The molecule has 4 bridgehead atoms. The Morgan fingerprint density at radius 3 is 2.38 bits per heavy atom. The van der Waals surface area contributed by atoms with Crippen LogP contribution in [0.2, 0.25) is 0 Å². The van der Waals surface area contributed by atoms with E-state index in [0.29, 0.717) is 5.78 Å². The fraction of sp³-hybridized carbons (Fsp3) is 0.844. The Labute approximate surface area is 224 Å². The Bertz CT molecular complexity index is 958. The summed E-state index contributed by atoms with van der Waals surface area (Å²) in [7, 11) is 1.89. The van der Waals surface area contributed by atoms with E-state index in [2.05, 4.69) is 16.8 Å². The van der Waals surface area contributed by atoms with Crippen molar-refractivity contribution in [2.75, 3.05) is 20.2 Å². The molecule has 3 saturated heterocycles. The Morgan fingerprint density at radius 2 is 1.62 bits per heavy atom. The largest absolute Gasteiger partial charge is 0.848 e. The number of fused-ring (bicyclic) bond motifs is 2. The first-order chi connectivity index (χ1) is 18.1. The second-order valence-corrected chi connectivity index (χ2v) is 13.5. The molecular formula is C32H50N2O3. The molecule has 0 amide bonds. The average Bonchev–Trinajstić information content (AvgIpc) is 3.37. The van der Waals surface area contributed by atoms with Crippen LogP contribution in [0.3, 0.4) is 0 Å². The Balaban J connectivity index is 1.50. The van der Waals surface area contributed by atoms with Crippen molar-refractivity contribution in [3.05, 3.63) is 23.5 Å². The molecule has 2 spiro atoms. The summed E-state index contributed by atoms with van der Waals surface area (Å²) in [4.78, 5) is 14.9. The number of hydrogen-bond acceptors (Lipinski definition) is 3. The predicted molar refractivity (Wildman–Crippen MR) is 144 cm³/mol. The van der Waals surface area contributed by atoms with Gasteiger partial charge in [-0.25, -0.2) is 0 Å². The minimum absolute atomic E-state index is 0.00177. The van der Waals surface area contributed by atoms with Crippen molar-refractivity contribution in [2.45, 2.75) is 140 Å². The van der Waals surface area contributed by atoms with Gasteiger partial charge in [0, 0.05) is 25.3 Å². The second kappa shape index (κ2) is 10.8. The minimum atomic E-state index is -0.669. The zero-order chi connectivity index (χ0) is 25.5. The second-order valence-electron chi connectivity index (χ2n) is 13.5. The monoisotopic (exact) mass is 510 g/mol. The highest BCUT2D eigenvalue weighted by Crippen LogP contribution is 2.64. The van der Waals surface area contributed by atoms with Gasteiger partial charge in [0.15, 0.2) is 12.0 Å². The molecule has 5 aliphatic rings. The molecule has 1 aromatic rings. The number of ether oxygens (including phenoxy) is 1.